The van der Waals surface area contributed by atoms with E-state index in [0.717, 1.165) is 0 Å². The van der Waals surface area contributed by atoms with Crippen molar-refractivity contribution >= 4 is 0 Å². The molecule has 0 aromatic carbocycles. The maximum Gasteiger partial charge on any atom is 0.187 e. The monoisotopic (exact) mass is 456 g/mol. The van der Waals surface area contributed by atoms with Crippen LogP contribution in [0.5, 0.6) is 0 Å². The number of hydrogen-bond donors (Lipinski definition) is 8. The lowest BCUT2D eigenvalue weighted by atomic mass is 9.97. The van der Waals surface area contributed by atoms with Gasteiger partial charge in [0.25, 0.3) is 0 Å². The van der Waals surface area contributed by atoms with Gasteiger partial charge in [0, 0.05) is 0 Å². The summed E-state index contributed by atoms with van der Waals surface area (Å²) in [6.07, 6.45) is -21.1. The molecule has 0 aromatic rings. The van der Waals surface area contributed by atoms with Gasteiger partial charge in [-0.3, -0.25) is 0 Å². The molecule has 31 heavy (non-hydrogen) atoms. The van der Waals surface area contributed by atoms with Gasteiger partial charge in [0.15, 0.2) is 18.9 Å². The third kappa shape index (κ3) is 4.89. The normalized spacial score (nSPS) is 56.4. The second kappa shape index (κ2) is 9.77. The van der Waals surface area contributed by atoms with Gasteiger partial charge >= 0.3 is 0 Å². The molecule has 3 fully saturated rings. The number of aliphatic hydroxyl groups is 8. The number of ether oxygens (including phenoxy) is 5. The molecule has 3 heterocycles. The first-order valence-corrected chi connectivity index (χ1v) is 10.2. The molecule has 13 heteroatoms. The summed E-state index contributed by atoms with van der Waals surface area (Å²) in [6, 6.07) is 0. The summed E-state index contributed by atoms with van der Waals surface area (Å²) < 4.78 is 27.2. The van der Waals surface area contributed by atoms with Gasteiger partial charge in [0.05, 0.1) is 18.3 Å². The van der Waals surface area contributed by atoms with Crippen molar-refractivity contribution in [3.8, 4) is 0 Å². The third-order valence-electron chi connectivity index (χ3n) is 5.98. The van der Waals surface area contributed by atoms with E-state index >= 15 is 0 Å². The Kier molecular flexibility index (Phi) is 7.91. The lowest BCUT2D eigenvalue weighted by Crippen LogP contribution is -2.65. The van der Waals surface area contributed by atoms with E-state index in [1.54, 1.807) is 0 Å². The van der Waals surface area contributed by atoms with Gasteiger partial charge in [-0.2, -0.15) is 0 Å². The van der Waals surface area contributed by atoms with Crippen LogP contribution in [0.3, 0.4) is 0 Å². The molecule has 0 amide bonds. The van der Waals surface area contributed by atoms with Crippen LogP contribution in [-0.2, 0) is 23.7 Å². The number of aliphatic hydroxyl groups excluding tert-OH is 8. The highest BCUT2D eigenvalue weighted by molar-refractivity contribution is 4.94. The quantitative estimate of drug-likeness (QED) is 0.201. The minimum atomic E-state index is -1.69. The highest BCUT2D eigenvalue weighted by Crippen LogP contribution is 2.32. The molecule has 0 bridgehead atoms. The van der Waals surface area contributed by atoms with Gasteiger partial charge < -0.3 is 64.5 Å². The Balaban J connectivity index is 1.78. The van der Waals surface area contributed by atoms with Gasteiger partial charge in [-0.25, -0.2) is 0 Å². The van der Waals surface area contributed by atoms with Crippen LogP contribution >= 0.6 is 0 Å². The minimum Gasteiger partial charge on any atom is -0.388 e. The summed E-state index contributed by atoms with van der Waals surface area (Å²) >= 11 is 0. The molecule has 3 rings (SSSR count). The highest BCUT2D eigenvalue weighted by Gasteiger charge is 2.52. The molecule has 0 unspecified atom stereocenters. The molecule has 15 atom stereocenters. The second-order valence-electron chi connectivity index (χ2n) is 8.29. The predicted octanol–water partition coefficient (Wildman–Crippen LogP) is -4.49. The molecule has 0 saturated carbocycles. The third-order valence-corrected chi connectivity index (χ3v) is 5.98. The van der Waals surface area contributed by atoms with E-state index in [-0.39, 0.29) is 0 Å². The topological polar surface area (TPSA) is 208 Å². The Morgan fingerprint density at radius 2 is 0.839 bits per heavy atom. The molecule has 3 aliphatic heterocycles. The molecule has 182 valence electrons. The Hall–Kier alpha value is -0.520. The fraction of sp³-hybridized carbons (Fsp3) is 1.00. The molecule has 8 N–H and O–H groups in total. The lowest BCUT2D eigenvalue weighted by Gasteiger charge is -2.47. The van der Waals surface area contributed by atoms with E-state index in [9.17, 15) is 40.9 Å². The first kappa shape index (κ1) is 25.1. The van der Waals surface area contributed by atoms with E-state index in [4.69, 9.17) is 23.7 Å². The van der Waals surface area contributed by atoms with Gasteiger partial charge in [-0.1, -0.05) is 0 Å². The van der Waals surface area contributed by atoms with Crippen molar-refractivity contribution in [2.24, 2.45) is 0 Å². The first-order chi connectivity index (χ1) is 14.4. The summed E-state index contributed by atoms with van der Waals surface area (Å²) in [5.41, 5.74) is 0. The number of rotatable bonds is 4. The smallest absolute Gasteiger partial charge is 0.187 e. The van der Waals surface area contributed by atoms with Gasteiger partial charge in [0.1, 0.15) is 54.9 Å². The molecular weight excluding hydrogens is 424 g/mol. The summed E-state index contributed by atoms with van der Waals surface area (Å²) in [6.45, 7) is 4.34. The van der Waals surface area contributed by atoms with Gasteiger partial charge in [-0.05, 0) is 20.8 Å². The molecule has 3 aliphatic rings. The van der Waals surface area contributed by atoms with E-state index in [1.165, 1.54) is 20.8 Å². The van der Waals surface area contributed by atoms with Crippen LogP contribution < -0.4 is 0 Å². The Morgan fingerprint density at radius 3 is 1.29 bits per heavy atom. The second-order valence-corrected chi connectivity index (χ2v) is 8.29. The van der Waals surface area contributed by atoms with Crippen LogP contribution in [0, 0.1) is 0 Å². The van der Waals surface area contributed by atoms with E-state index in [2.05, 4.69) is 0 Å². The average Bonchev–Trinajstić information content (AvgIpc) is 2.72. The SMILES string of the molecule is C[C@@H]1O[C@@H](O)[C@H](O[C@@H]2O[C@@H](C)[C@@H](O)[C@@H](O)[C@@H]2O)[C@H](O[C@H]2O[C@@H](C)[C@@H](O)[C@@H](O)[C@@H]2O)[C@H]1O. The van der Waals surface area contributed by atoms with Crippen molar-refractivity contribution in [3.63, 3.8) is 0 Å². The van der Waals surface area contributed by atoms with Crippen molar-refractivity contribution in [2.75, 3.05) is 0 Å². The van der Waals surface area contributed by atoms with Crippen molar-refractivity contribution in [2.45, 2.75) is 113 Å². The van der Waals surface area contributed by atoms with Crippen molar-refractivity contribution in [3.05, 3.63) is 0 Å². The zero-order valence-electron chi connectivity index (χ0n) is 17.3. The highest BCUT2D eigenvalue weighted by atomic mass is 16.8. The zero-order chi connectivity index (χ0) is 23.2. The van der Waals surface area contributed by atoms with E-state index in [0.29, 0.717) is 0 Å². The van der Waals surface area contributed by atoms with Crippen LogP contribution in [-0.4, -0.2) is 133 Å². The van der Waals surface area contributed by atoms with Crippen LogP contribution in [0.4, 0.5) is 0 Å². The number of hydrogen-bond acceptors (Lipinski definition) is 13. The van der Waals surface area contributed by atoms with Gasteiger partial charge in [0.2, 0.25) is 0 Å². The molecular formula is C18H32O13. The molecule has 0 spiro atoms. The predicted molar refractivity (Wildman–Crippen MR) is 97.0 cm³/mol. The fourth-order valence-corrected chi connectivity index (χ4v) is 3.87. The van der Waals surface area contributed by atoms with Crippen LogP contribution in [0.1, 0.15) is 20.8 Å². The standard InChI is InChI=1S/C18H32O13/c1-4-7(19)10(22)12(24)17(28-4)30-14-9(21)6(3)27-16(26)15(14)31-18-13(25)11(23)8(20)5(2)29-18/h4-26H,1-3H3/t4-,5-,6-,7+,8+,9-,10+,11+,12-,13-,14+,15+,16+,17+,18-/m0/s1. The van der Waals surface area contributed by atoms with Crippen LogP contribution in [0.2, 0.25) is 0 Å². The van der Waals surface area contributed by atoms with Crippen molar-refractivity contribution in [1.29, 1.82) is 0 Å². The first-order valence-electron chi connectivity index (χ1n) is 10.2. The Labute approximate surface area is 178 Å². The molecule has 0 radical (unpaired) electrons. The summed E-state index contributed by atoms with van der Waals surface area (Å²) in [4.78, 5) is 0. The van der Waals surface area contributed by atoms with E-state index < -0.39 is 92.1 Å². The van der Waals surface area contributed by atoms with Crippen molar-refractivity contribution in [1.82, 2.24) is 0 Å². The maximum atomic E-state index is 10.6. The van der Waals surface area contributed by atoms with E-state index in [1.807, 2.05) is 0 Å². The summed E-state index contributed by atoms with van der Waals surface area (Å²) in [5, 5.41) is 81.0. The molecule has 0 aromatic heterocycles. The maximum absolute atomic E-state index is 10.6. The Bertz CT molecular complexity index is 595. The largest absolute Gasteiger partial charge is 0.388 e. The molecule has 3 saturated heterocycles. The molecule has 0 aliphatic carbocycles. The van der Waals surface area contributed by atoms with Crippen LogP contribution in [0.25, 0.3) is 0 Å². The minimum absolute atomic E-state index is 0.914. The zero-order valence-corrected chi connectivity index (χ0v) is 17.3. The fourth-order valence-electron chi connectivity index (χ4n) is 3.87. The Morgan fingerprint density at radius 1 is 0.452 bits per heavy atom. The van der Waals surface area contributed by atoms with Gasteiger partial charge in [-0.15, -0.1) is 0 Å². The average molecular weight is 456 g/mol. The summed E-state index contributed by atoms with van der Waals surface area (Å²) in [5.74, 6) is 0. The van der Waals surface area contributed by atoms with Crippen LogP contribution in [0.15, 0.2) is 0 Å². The summed E-state index contributed by atoms with van der Waals surface area (Å²) in [7, 11) is 0. The lowest BCUT2D eigenvalue weighted by molar-refractivity contribution is -0.382. The van der Waals surface area contributed by atoms with Crippen molar-refractivity contribution < 1.29 is 64.5 Å². The molecule has 13 nitrogen and oxygen atoms in total.